The summed E-state index contributed by atoms with van der Waals surface area (Å²) in [7, 11) is 0. The minimum Gasteiger partial charge on any atom is -0.444 e. The third kappa shape index (κ3) is 9.09. The van der Waals surface area contributed by atoms with Crippen LogP contribution in [0.3, 0.4) is 0 Å². The minimum atomic E-state index is -0.829. The summed E-state index contributed by atoms with van der Waals surface area (Å²) in [5, 5.41) is 27.4. The van der Waals surface area contributed by atoms with Gasteiger partial charge in [0.1, 0.15) is 11.6 Å². The van der Waals surface area contributed by atoms with Gasteiger partial charge in [0, 0.05) is 12.6 Å². The maximum atomic E-state index is 12.6. The fourth-order valence-corrected chi connectivity index (χ4v) is 3.51. The first-order valence-corrected chi connectivity index (χ1v) is 11.4. The molecular formula is C18H25BrN4O7S. The molecule has 0 bridgehead atoms. The summed E-state index contributed by atoms with van der Waals surface area (Å²) in [5.74, 6) is 0.173. The monoisotopic (exact) mass is 520 g/mol. The van der Waals surface area contributed by atoms with E-state index in [1.807, 2.05) is 6.26 Å². The quantitative estimate of drug-likeness (QED) is 0.350. The highest BCUT2D eigenvalue weighted by atomic mass is 79.9. The Morgan fingerprint density at radius 1 is 1.23 bits per heavy atom. The number of halogens is 1. The number of nitrogens with zero attached hydrogens (tertiary/aromatic N) is 2. The molecule has 2 N–H and O–H groups in total. The molecule has 0 aliphatic carbocycles. The number of nitro groups is 2. The van der Waals surface area contributed by atoms with Gasteiger partial charge in [0.25, 0.3) is 11.4 Å². The third-order valence-electron chi connectivity index (χ3n) is 3.83. The van der Waals surface area contributed by atoms with Crippen LogP contribution in [0.2, 0.25) is 0 Å². The minimum absolute atomic E-state index is 0.0571. The molecule has 0 unspecified atom stereocenters. The van der Waals surface area contributed by atoms with Crippen molar-refractivity contribution in [2.75, 3.05) is 18.6 Å². The van der Waals surface area contributed by atoms with Gasteiger partial charge < -0.3 is 15.4 Å². The molecule has 0 aliphatic heterocycles. The molecule has 1 aromatic carbocycles. The van der Waals surface area contributed by atoms with Crippen molar-refractivity contribution in [1.29, 1.82) is 0 Å². The summed E-state index contributed by atoms with van der Waals surface area (Å²) >= 11 is 4.62. The lowest BCUT2D eigenvalue weighted by molar-refractivity contribution is -0.394. The van der Waals surface area contributed by atoms with Gasteiger partial charge in [-0.25, -0.2) is 4.79 Å². The van der Waals surface area contributed by atoms with Crippen LogP contribution < -0.4 is 10.6 Å². The van der Waals surface area contributed by atoms with E-state index in [0.29, 0.717) is 17.7 Å². The molecule has 2 amide bonds. The SMILES string of the molecule is CSCC[C@H](NC(=O)OC(C)(C)C)C(=O)NCCc1cc([N+](=O)[O-])cc([N+](=O)[O-])c1Br. The molecule has 1 aromatic rings. The number of carbonyl (C=O) groups is 2. The van der Waals surface area contributed by atoms with Crippen molar-refractivity contribution in [3.8, 4) is 0 Å². The number of nitrogens with one attached hydrogen (secondary N) is 2. The molecule has 0 heterocycles. The molecule has 0 saturated carbocycles. The van der Waals surface area contributed by atoms with Gasteiger partial charge in [-0.2, -0.15) is 11.8 Å². The van der Waals surface area contributed by atoms with Crippen molar-refractivity contribution in [3.63, 3.8) is 0 Å². The van der Waals surface area contributed by atoms with Gasteiger partial charge >= 0.3 is 6.09 Å². The van der Waals surface area contributed by atoms with Gasteiger partial charge in [0.2, 0.25) is 5.91 Å². The molecule has 31 heavy (non-hydrogen) atoms. The summed E-state index contributed by atoms with van der Waals surface area (Å²) in [6, 6.07) is 1.26. The molecule has 0 aromatic heterocycles. The van der Waals surface area contributed by atoms with Gasteiger partial charge in [0.15, 0.2) is 0 Å². The van der Waals surface area contributed by atoms with Crippen LogP contribution in [0, 0.1) is 20.2 Å². The summed E-state index contributed by atoms with van der Waals surface area (Å²) in [6.45, 7) is 5.18. The molecule has 0 spiro atoms. The van der Waals surface area contributed by atoms with Crippen LogP contribution >= 0.6 is 27.7 Å². The van der Waals surface area contributed by atoms with Crippen LogP contribution in [0.1, 0.15) is 32.8 Å². The molecule has 13 heteroatoms. The second-order valence-electron chi connectivity index (χ2n) is 7.47. The number of ether oxygens (including phenoxy) is 1. The average Bonchev–Trinajstić information content (AvgIpc) is 2.64. The average molecular weight is 521 g/mol. The summed E-state index contributed by atoms with van der Waals surface area (Å²) in [6.07, 6.45) is 1.63. The summed E-state index contributed by atoms with van der Waals surface area (Å²) in [4.78, 5) is 45.4. The van der Waals surface area contributed by atoms with E-state index in [9.17, 15) is 29.8 Å². The molecule has 1 rings (SSSR count). The van der Waals surface area contributed by atoms with Crippen molar-refractivity contribution in [2.24, 2.45) is 0 Å². The maximum Gasteiger partial charge on any atom is 0.408 e. The van der Waals surface area contributed by atoms with E-state index in [-0.39, 0.29) is 17.4 Å². The number of benzene rings is 1. The number of thioether (sulfide) groups is 1. The summed E-state index contributed by atoms with van der Waals surface area (Å²) in [5.41, 5.74) is -1.25. The highest BCUT2D eigenvalue weighted by Crippen LogP contribution is 2.33. The summed E-state index contributed by atoms with van der Waals surface area (Å²) < 4.78 is 5.30. The number of alkyl carbamates (subject to hydrolysis) is 1. The van der Waals surface area contributed by atoms with Crippen molar-refractivity contribution in [1.82, 2.24) is 10.6 Å². The first-order chi connectivity index (χ1) is 14.4. The van der Waals surface area contributed by atoms with Crippen molar-refractivity contribution in [3.05, 3.63) is 42.4 Å². The van der Waals surface area contributed by atoms with E-state index in [1.54, 1.807) is 20.8 Å². The van der Waals surface area contributed by atoms with Gasteiger partial charge in [0.05, 0.1) is 20.4 Å². The van der Waals surface area contributed by atoms with Crippen molar-refractivity contribution < 1.29 is 24.2 Å². The highest BCUT2D eigenvalue weighted by molar-refractivity contribution is 9.10. The Morgan fingerprint density at radius 3 is 2.39 bits per heavy atom. The fraction of sp³-hybridized carbons (Fsp3) is 0.556. The Labute approximate surface area is 192 Å². The predicted molar refractivity (Wildman–Crippen MR) is 120 cm³/mol. The molecule has 0 aliphatic rings. The number of amides is 2. The number of carbonyl (C=O) groups excluding carboxylic acids is 2. The second kappa shape index (κ2) is 11.8. The van der Waals surface area contributed by atoms with Gasteiger partial charge in [-0.3, -0.25) is 25.0 Å². The molecule has 0 radical (unpaired) electrons. The fourth-order valence-electron chi connectivity index (χ4n) is 2.47. The molecule has 0 fully saturated rings. The Morgan fingerprint density at radius 2 is 1.87 bits per heavy atom. The Kier molecular flexibility index (Phi) is 10.2. The van der Waals surface area contributed by atoms with E-state index in [0.717, 1.165) is 6.07 Å². The van der Waals surface area contributed by atoms with Crippen LogP contribution in [0.25, 0.3) is 0 Å². The first kappa shape index (κ1) is 26.6. The molecular weight excluding hydrogens is 496 g/mol. The van der Waals surface area contributed by atoms with Gasteiger partial charge in [-0.1, -0.05) is 0 Å². The maximum absolute atomic E-state index is 12.6. The predicted octanol–water partition coefficient (Wildman–Crippen LogP) is 3.57. The lowest BCUT2D eigenvalue weighted by Crippen LogP contribution is -2.48. The number of nitro benzene ring substituents is 2. The molecule has 11 nitrogen and oxygen atoms in total. The second-order valence-corrected chi connectivity index (χ2v) is 9.25. The van der Waals surface area contributed by atoms with Crippen LogP contribution in [0.15, 0.2) is 16.6 Å². The topological polar surface area (TPSA) is 154 Å². The van der Waals surface area contributed by atoms with Crippen molar-refractivity contribution in [2.45, 2.75) is 45.3 Å². The zero-order valence-electron chi connectivity index (χ0n) is 17.6. The van der Waals surface area contributed by atoms with E-state index in [4.69, 9.17) is 4.74 Å². The van der Waals surface area contributed by atoms with E-state index < -0.39 is 44.9 Å². The van der Waals surface area contributed by atoms with E-state index >= 15 is 0 Å². The van der Waals surface area contributed by atoms with Crippen molar-refractivity contribution >= 4 is 51.1 Å². The Bertz CT molecular complexity index is 845. The zero-order valence-corrected chi connectivity index (χ0v) is 20.0. The van der Waals surface area contributed by atoms with Crippen LogP contribution in [-0.2, 0) is 16.0 Å². The number of non-ortho nitro benzene ring substituents is 1. The first-order valence-electron chi connectivity index (χ1n) is 9.23. The molecule has 1 atom stereocenters. The smallest absolute Gasteiger partial charge is 0.408 e. The number of hydrogen-bond acceptors (Lipinski definition) is 8. The van der Waals surface area contributed by atoms with Gasteiger partial charge in [-0.15, -0.1) is 0 Å². The zero-order chi connectivity index (χ0) is 23.8. The Hall–Kier alpha value is -2.41. The van der Waals surface area contributed by atoms with Crippen LogP contribution in [0.4, 0.5) is 16.2 Å². The highest BCUT2D eigenvalue weighted by Gasteiger charge is 2.25. The van der Waals surface area contributed by atoms with Crippen LogP contribution in [0.5, 0.6) is 0 Å². The van der Waals surface area contributed by atoms with Crippen LogP contribution in [-0.4, -0.2) is 52.0 Å². The number of hydrogen-bond donors (Lipinski definition) is 2. The van der Waals surface area contributed by atoms with E-state index in [2.05, 4.69) is 26.6 Å². The third-order valence-corrected chi connectivity index (χ3v) is 5.39. The largest absolute Gasteiger partial charge is 0.444 e. The Balaban J connectivity index is 2.85. The standard InChI is InChI=1S/C18H25BrN4O7S/c1-18(2,3)30-17(25)21-13(6-8-31-4)16(24)20-7-5-11-9-12(22(26)27)10-14(15(11)19)23(28)29/h9-10,13H,5-8H2,1-4H3,(H,20,24)(H,21,25)/t13-/m0/s1. The molecule has 172 valence electrons. The normalized spacial score (nSPS) is 12.0. The lowest BCUT2D eigenvalue weighted by Gasteiger charge is -2.23. The number of rotatable bonds is 10. The lowest BCUT2D eigenvalue weighted by atomic mass is 10.1. The molecule has 0 saturated heterocycles. The van der Waals surface area contributed by atoms with Gasteiger partial charge in [-0.05, 0) is 67.1 Å². The van der Waals surface area contributed by atoms with E-state index in [1.165, 1.54) is 17.8 Å².